The molecule has 2 aromatic rings. The van der Waals surface area contributed by atoms with Crippen molar-refractivity contribution in [2.45, 2.75) is 82.9 Å². The van der Waals surface area contributed by atoms with Gasteiger partial charge in [0.1, 0.15) is 17.2 Å². The van der Waals surface area contributed by atoms with Gasteiger partial charge in [-0.25, -0.2) is 13.6 Å². The number of nitrogens with one attached hydrogen (secondary N) is 2. The number of carbonyl (C=O) groups excluding carboxylic acids is 1. The molecule has 3 rings (SSSR count). The Morgan fingerprint density at radius 1 is 1.09 bits per heavy atom. The van der Waals surface area contributed by atoms with E-state index in [0.29, 0.717) is 24.9 Å². The number of alkyl carbamates (subject to hydrolysis) is 1. The summed E-state index contributed by atoms with van der Waals surface area (Å²) in [5, 5.41) is 6.68. The second-order valence-corrected chi connectivity index (χ2v) is 11.1. The highest BCUT2D eigenvalue weighted by Crippen LogP contribution is 2.38. The Morgan fingerprint density at radius 3 is 2.38 bits per heavy atom. The molecule has 1 fully saturated rings. The predicted octanol–water partition coefficient (Wildman–Crippen LogP) is 7.00. The van der Waals surface area contributed by atoms with Crippen LogP contribution in [0.4, 0.5) is 13.6 Å². The first-order valence-corrected chi connectivity index (χ1v) is 12.8. The van der Waals surface area contributed by atoms with Crippen LogP contribution < -0.4 is 10.6 Å². The van der Waals surface area contributed by atoms with Crippen LogP contribution in [0, 0.1) is 11.6 Å². The summed E-state index contributed by atoms with van der Waals surface area (Å²) in [6.45, 7) is 6.05. The third kappa shape index (κ3) is 8.05. The van der Waals surface area contributed by atoms with Gasteiger partial charge in [-0.15, -0.1) is 0 Å². The van der Waals surface area contributed by atoms with Gasteiger partial charge in [0.05, 0.1) is 0 Å². The molecular formula is C27H35BrF2N2O2. The van der Waals surface area contributed by atoms with Crippen LogP contribution in [-0.2, 0) is 16.7 Å². The standard InChI is InChI=1S/C27H35BrF2N2O2/c1-26(2,3)34-25(33)32-24(16-19-14-22(29)18-23(30)15-19)10-13-31-27(11-5-4-6-12-27)20-8-7-9-21(28)17-20/h7-9,14-15,17-18,24,31H,4-6,10-13,16H2,1-3H3,(H,32,33)/t24-/m1/s1. The minimum Gasteiger partial charge on any atom is -0.444 e. The molecule has 4 nitrogen and oxygen atoms in total. The molecular weight excluding hydrogens is 502 g/mol. The van der Waals surface area contributed by atoms with Crippen molar-refractivity contribution >= 4 is 22.0 Å². The molecule has 0 aliphatic heterocycles. The van der Waals surface area contributed by atoms with E-state index in [1.165, 1.54) is 24.1 Å². The van der Waals surface area contributed by atoms with E-state index in [-0.39, 0.29) is 11.6 Å². The predicted molar refractivity (Wildman–Crippen MR) is 135 cm³/mol. The van der Waals surface area contributed by atoms with Gasteiger partial charge in [-0.2, -0.15) is 0 Å². The molecule has 34 heavy (non-hydrogen) atoms. The lowest BCUT2D eigenvalue weighted by Gasteiger charge is -2.39. The number of amides is 1. The van der Waals surface area contributed by atoms with E-state index in [2.05, 4.69) is 44.8 Å². The van der Waals surface area contributed by atoms with Gasteiger partial charge < -0.3 is 15.4 Å². The summed E-state index contributed by atoms with van der Waals surface area (Å²) < 4.78 is 34.0. The number of benzene rings is 2. The lowest BCUT2D eigenvalue weighted by Crippen LogP contribution is -2.47. The van der Waals surface area contributed by atoms with Crippen molar-refractivity contribution in [1.82, 2.24) is 10.6 Å². The molecule has 0 saturated heterocycles. The number of hydrogen-bond acceptors (Lipinski definition) is 3. The van der Waals surface area contributed by atoms with E-state index in [4.69, 9.17) is 4.74 Å². The Labute approximate surface area is 210 Å². The first kappa shape index (κ1) is 26.6. The number of hydrogen-bond donors (Lipinski definition) is 2. The van der Waals surface area contributed by atoms with Crippen molar-refractivity contribution in [3.63, 3.8) is 0 Å². The number of rotatable bonds is 8. The Kier molecular flexibility index (Phi) is 9.10. The molecule has 1 aliphatic carbocycles. The minimum atomic E-state index is -0.634. The lowest BCUT2D eigenvalue weighted by atomic mass is 9.76. The van der Waals surface area contributed by atoms with Gasteiger partial charge in [0, 0.05) is 22.1 Å². The Balaban J connectivity index is 1.73. The first-order valence-electron chi connectivity index (χ1n) is 12.0. The van der Waals surface area contributed by atoms with Crippen LogP contribution in [0.2, 0.25) is 0 Å². The lowest BCUT2D eigenvalue weighted by molar-refractivity contribution is 0.0501. The quantitative estimate of drug-likeness (QED) is 0.381. The Bertz CT molecular complexity index is 951. The highest BCUT2D eigenvalue weighted by molar-refractivity contribution is 9.10. The number of carbonyl (C=O) groups is 1. The normalized spacial score (nSPS) is 16.6. The van der Waals surface area contributed by atoms with Crippen molar-refractivity contribution < 1.29 is 18.3 Å². The molecule has 2 N–H and O–H groups in total. The van der Waals surface area contributed by atoms with Crippen LogP contribution in [0.15, 0.2) is 46.9 Å². The molecule has 1 atom stereocenters. The van der Waals surface area contributed by atoms with Crippen LogP contribution in [0.5, 0.6) is 0 Å². The van der Waals surface area contributed by atoms with Gasteiger partial charge >= 0.3 is 6.09 Å². The van der Waals surface area contributed by atoms with Crippen molar-refractivity contribution in [3.8, 4) is 0 Å². The summed E-state index contributed by atoms with van der Waals surface area (Å²) >= 11 is 3.59. The summed E-state index contributed by atoms with van der Waals surface area (Å²) in [5.41, 5.74) is 0.997. The van der Waals surface area contributed by atoms with Crippen LogP contribution in [-0.4, -0.2) is 24.3 Å². The van der Waals surface area contributed by atoms with Crippen LogP contribution >= 0.6 is 15.9 Å². The smallest absolute Gasteiger partial charge is 0.407 e. The van der Waals surface area contributed by atoms with Crippen molar-refractivity contribution in [1.29, 1.82) is 0 Å². The van der Waals surface area contributed by atoms with Crippen LogP contribution in [0.3, 0.4) is 0 Å². The van der Waals surface area contributed by atoms with E-state index >= 15 is 0 Å². The zero-order valence-corrected chi connectivity index (χ0v) is 21.8. The maximum Gasteiger partial charge on any atom is 0.407 e. The average molecular weight is 537 g/mol. The van der Waals surface area contributed by atoms with E-state index in [1.54, 1.807) is 20.8 Å². The molecule has 0 radical (unpaired) electrons. The number of ether oxygens (including phenoxy) is 1. The van der Waals surface area contributed by atoms with E-state index in [0.717, 1.165) is 36.2 Å². The maximum atomic E-state index is 13.8. The fraction of sp³-hybridized carbons (Fsp3) is 0.519. The van der Waals surface area contributed by atoms with Gasteiger partial charge in [-0.05, 0) is 88.4 Å². The molecule has 186 valence electrons. The third-order valence-corrected chi connectivity index (χ3v) is 6.66. The van der Waals surface area contributed by atoms with Gasteiger partial charge in [0.15, 0.2) is 0 Å². The van der Waals surface area contributed by atoms with Crippen molar-refractivity contribution in [3.05, 3.63) is 69.7 Å². The van der Waals surface area contributed by atoms with E-state index in [1.807, 2.05) is 6.07 Å². The molecule has 0 aromatic heterocycles. The fourth-order valence-corrected chi connectivity index (χ4v) is 5.11. The fourth-order valence-electron chi connectivity index (χ4n) is 4.71. The minimum absolute atomic E-state index is 0.122. The third-order valence-electron chi connectivity index (χ3n) is 6.17. The van der Waals surface area contributed by atoms with Crippen molar-refractivity contribution in [2.75, 3.05) is 6.54 Å². The second kappa shape index (κ2) is 11.6. The first-order chi connectivity index (χ1) is 16.0. The topological polar surface area (TPSA) is 50.4 Å². The monoisotopic (exact) mass is 536 g/mol. The highest BCUT2D eigenvalue weighted by atomic mass is 79.9. The maximum absolute atomic E-state index is 13.8. The molecule has 7 heteroatoms. The molecule has 1 amide bonds. The van der Waals surface area contributed by atoms with Gasteiger partial charge in [-0.1, -0.05) is 47.3 Å². The van der Waals surface area contributed by atoms with E-state index in [9.17, 15) is 13.6 Å². The summed E-state index contributed by atoms with van der Waals surface area (Å²) in [7, 11) is 0. The van der Waals surface area contributed by atoms with Crippen LogP contribution in [0.1, 0.15) is 70.4 Å². The SMILES string of the molecule is CC(C)(C)OC(=O)N[C@H](CCNC1(c2cccc(Br)c2)CCCCC1)Cc1cc(F)cc(F)c1. The molecule has 0 bridgehead atoms. The summed E-state index contributed by atoms with van der Waals surface area (Å²) in [4.78, 5) is 12.5. The van der Waals surface area contributed by atoms with Crippen LogP contribution in [0.25, 0.3) is 0 Å². The van der Waals surface area contributed by atoms with Crippen molar-refractivity contribution in [2.24, 2.45) is 0 Å². The molecule has 1 saturated carbocycles. The summed E-state index contributed by atoms with van der Waals surface area (Å²) in [5.74, 6) is -1.25. The zero-order chi connectivity index (χ0) is 24.8. The largest absolute Gasteiger partial charge is 0.444 e. The molecule has 0 spiro atoms. The molecule has 2 aromatic carbocycles. The van der Waals surface area contributed by atoms with Gasteiger partial charge in [0.2, 0.25) is 0 Å². The molecule has 1 aliphatic rings. The molecule has 0 unspecified atom stereocenters. The zero-order valence-electron chi connectivity index (χ0n) is 20.2. The number of halogens is 3. The Morgan fingerprint density at radius 2 is 1.76 bits per heavy atom. The molecule has 0 heterocycles. The summed E-state index contributed by atoms with van der Waals surface area (Å²) in [6.07, 6.45) is 5.99. The van der Waals surface area contributed by atoms with E-state index < -0.39 is 23.3 Å². The average Bonchev–Trinajstić information content (AvgIpc) is 2.72. The highest BCUT2D eigenvalue weighted by Gasteiger charge is 2.33. The summed E-state index contributed by atoms with van der Waals surface area (Å²) in [6, 6.07) is 11.5. The second-order valence-electron chi connectivity index (χ2n) is 10.2. The Hall–Kier alpha value is -1.99. The van der Waals surface area contributed by atoms with Gasteiger partial charge in [-0.3, -0.25) is 0 Å². The van der Waals surface area contributed by atoms with Gasteiger partial charge in [0.25, 0.3) is 0 Å².